The number of para-hydroxylation sites is 1. The number of pyridine rings is 1. The Balaban J connectivity index is 0.955. The third-order valence-corrected chi connectivity index (χ3v) is 16.6. The molecule has 0 spiro atoms. The van der Waals surface area contributed by atoms with Gasteiger partial charge in [-0.15, -0.1) is 0 Å². The van der Waals surface area contributed by atoms with E-state index in [1.807, 2.05) is 12.3 Å². The zero-order valence-electron chi connectivity index (χ0n) is 43.2. The summed E-state index contributed by atoms with van der Waals surface area (Å²) >= 11 is 0. The number of fused-ring (bicyclic) bond motifs is 15. The molecule has 14 aromatic carbocycles. The van der Waals surface area contributed by atoms with E-state index < -0.39 is 0 Å². The molecule has 2 heterocycles. The molecule has 0 fully saturated rings. The van der Waals surface area contributed by atoms with E-state index >= 15 is 0 Å². The molecule has 0 N–H and O–H groups in total. The summed E-state index contributed by atoms with van der Waals surface area (Å²) < 4.78 is 0. The van der Waals surface area contributed by atoms with Crippen molar-refractivity contribution in [1.82, 2.24) is 15.0 Å². The molecule has 366 valence electrons. The van der Waals surface area contributed by atoms with Crippen molar-refractivity contribution < 1.29 is 0 Å². The van der Waals surface area contributed by atoms with Gasteiger partial charge in [-0.25, -0.2) is 9.97 Å². The molecule has 16 rings (SSSR count). The maximum Gasteiger partial charge on any atom is 0.160 e. The van der Waals surface area contributed by atoms with Gasteiger partial charge in [0.15, 0.2) is 5.82 Å². The Labute approximate surface area is 456 Å². The van der Waals surface area contributed by atoms with E-state index in [-0.39, 0.29) is 0 Å². The second-order valence-corrected chi connectivity index (χ2v) is 21.1. The Kier molecular flexibility index (Phi) is 10.2. The van der Waals surface area contributed by atoms with E-state index in [1.165, 1.54) is 86.5 Å². The lowest BCUT2D eigenvalue weighted by Crippen LogP contribution is -1.98. The quantitative estimate of drug-likeness (QED) is 0.156. The van der Waals surface area contributed by atoms with E-state index in [2.05, 4.69) is 262 Å². The highest BCUT2D eigenvalue weighted by Crippen LogP contribution is 2.44. The monoisotopic (exact) mass is 1000 g/mol. The van der Waals surface area contributed by atoms with Crippen LogP contribution in [-0.2, 0) is 0 Å². The summed E-state index contributed by atoms with van der Waals surface area (Å²) in [6.45, 7) is 2.20. The second kappa shape index (κ2) is 17.9. The zero-order valence-corrected chi connectivity index (χ0v) is 43.2. The number of aromatic nitrogens is 3. The van der Waals surface area contributed by atoms with Crippen molar-refractivity contribution in [1.29, 1.82) is 0 Å². The molecule has 2 aromatic heterocycles. The summed E-state index contributed by atoms with van der Waals surface area (Å²) in [6.07, 6.45) is 1.97. The molecule has 0 aliphatic carbocycles. The first kappa shape index (κ1) is 44.9. The lowest BCUT2D eigenvalue weighted by atomic mass is 9.88. The molecule has 79 heavy (non-hydrogen) atoms. The Bertz CT molecular complexity index is 5120. The van der Waals surface area contributed by atoms with Gasteiger partial charge in [0.1, 0.15) is 0 Å². The fourth-order valence-electron chi connectivity index (χ4n) is 12.7. The average Bonchev–Trinajstić information content (AvgIpc) is 3.53. The molecule has 0 aliphatic heterocycles. The molecule has 0 aliphatic rings. The standard InChI is InChI=1S/C76H47N3/c1-46-38-55(39-52-14-2-4-16-58(46)52)47-28-32-50(33-29-47)76-78-74(49-30-26-48(27-31-49)57-40-54-15-3-13-25-73(54)77-45-57)72-44-56(51-34-36-67-63-21-7-5-17-59(63)61-19-9-11-23-65(61)70(67)41-51)43-69(75(72)79-76)53-35-37-68-64-22-8-6-18-60(64)62-20-10-12-24-66(62)71(68)42-53/h2-45H,1H3. The summed E-state index contributed by atoms with van der Waals surface area (Å²) in [6, 6.07) is 95.4. The molecule has 16 aromatic rings. The van der Waals surface area contributed by atoms with E-state index in [9.17, 15) is 0 Å². The van der Waals surface area contributed by atoms with E-state index in [4.69, 9.17) is 15.0 Å². The molecule has 0 saturated heterocycles. The first-order chi connectivity index (χ1) is 39.0. The smallest absolute Gasteiger partial charge is 0.160 e. The van der Waals surface area contributed by atoms with Gasteiger partial charge >= 0.3 is 0 Å². The maximum atomic E-state index is 5.69. The highest BCUT2D eigenvalue weighted by molar-refractivity contribution is 6.27. The van der Waals surface area contributed by atoms with Gasteiger partial charge in [0.05, 0.1) is 16.7 Å². The van der Waals surface area contributed by atoms with Crippen LogP contribution in [-0.4, -0.2) is 15.0 Å². The van der Waals surface area contributed by atoms with Crippen molar-refractivity contribution in [3.8, 4) is 67.2 Å². The summed E-state index contributed by atoms with van der Waals surface area (Å²) in [5.41, 5.74) is 14.8. The van der Waals surface area contributed by atoms with Crippen molar-refractivity contribution in [2.24, 2.45) is 0 Å². The second-order valence-electron chi connectivity index (χ2n) is 21.1. The summed E-state index contributed by atoms with van der Waals surface area (Å²) in [7, 11) is 0. The van der Waals surface area contributed by atoms with Crippen LogP contribution < -0.4 is 0 Å². The van der Waals surface area contributed by atoms with Crippen LogP contribution in [0.1, 0.15) is 5.56 Å². The zero-order chi connectivity index (χ0) is 52.1. The van der Waals surface area contributed by atoms with E-state index in [1.54, 1.807) is 0 Å². The Morgan fingerprint density at radius 2 is 0.671 bits per heavy atom. The molecule has 0 saturated carbocycles. The fourth-order valence-corrected chi connectivity index (χ4v) is 12.7. The predicted octanol–water partition coefficient (Wildman–Crippen LogP) is 20.6. The molecule has 3 heteroatoms. The highest BCUT2D eigenvalue weighted by atomic mass is 14.9. The lowest BCUT2D eigenvalue weighted by Gasteiger charge is -2.17. The van der Waals surface area contributed by atoms with Crippen LogP contribution in [0.25, 0.3) is 164 Å². The van der Waals surface area contributed by atoms with Gasteiger partial charge in [0, 0.05) is 39.2 Å². The van der Waals surface area contributed by atoms with Crippen LogP contribution in [0.3, 0.4) is 0 Å². The third kappa shape index (κ3) is 7.39. The molecule has 0 bridgehead atoms. The number of aryl methyl sites for hydroxylation is 1. The lowest BCUT2D eigenvalue weighted by molar-refractivity contribution is 1.23. The highest BCUT2D eigenvalue weighted by Gasteiger charge is 2.21. The molecule has 0 amide bonds. The van der Waals surface area contributed by atoms with Crippen molar-refractivity contribution in [2.45, 2.75) is 6.92 Å². The van der Waals surface area contributed by atoms with Crippen LogP contribution in [0.15, 0.2) is 267 Å². The first-order valence-electron chi connectivity index (χ1n) is 27.1. The minimum Gasteiger partial charge on any atom is -0.256 e. The normalized spacial score (nSPS) is 11.9. The van der Waals surface area contributed by atoms with Crippen molar-refractivity contribution in [3.05, 3.63) is 273 Å². The van der Waals surface area contributed by atoms with Crippen LogP contribution in [0.2, 0.25) is 0 Å². The summed E-state index contributed by atoms with van der Waals surface area (Å²) in [4.78, 5) is 16.2. The molecule has 3 nitrogen and oxygen atoms in total. The number of hydrogen-bond acceptors (Lipinski definition) is 3. The number of nitrogens with zero attached hydrogens (tertiary/aromatic N) is 3. The van der Waals surface area contributed by atoms with Gasteiger partial charge in [0.25, 0.3) is 0 Å². The third-order valence-electron chi connectivity index (χ3n) is 16.6. The van der Waals surface area contributed by atoms with Gasteiger partial charge in [-0.2, -0.15) is 0 Å². The minimum absolute atomic E-state index is 0.668. The SMILES string of the molecule is Cc1cc(-c2ccc(-c3nc(-c4ccc(-c5cnc6ccccc6c5)cc4)c4cc(-c5ccc6c7ccccc7c7ccccc7c6c5)cc(-c5ccc6c7ccccc7c7ccccc7c6c5)c4n3)cc2)cc2ccccc12. The van der Waals surface area contributed by atoms with Gasteiger partial charge < -0.3 is 0 Å². The van der Waals surface area contributed by atoms with Gasteiger partial charge in [-0.3, -0.25) is 4.98 Å². The van der Waals surface area contributed by atoms with Crippen LogP contribution in [0.5, 0.6) is 0 Å². The van der Waals surface area contributed by atoms with Crippen molar-refractivity contribution in [3.63, 3.8) is 0 Å². The van der Waals surface area contributed by atoms with E-state index in [0.717, 1.165) is 77.6 Å². The van der Waals surface area contributed by atoms with Gasteiger partial charge in [-0.1, -0.05) is 218 Å². The molecule has 0 atom stereocenters. The minimum atomic E-state index is 0.668. The topological polar surface area (TPSA) is 38.7 Å². The summed E-state index contributed by atoms with van der Waals surface area (Å²) in [5.74, 6) is 0.668. The molecule has 0 radical (unpaired) electrons. The van der Waals surface area contributed by atoms with Gasteiger partial charge in [-0.05, 0) is 164 Å². The Morgan fingerprint density at radius 3 is 1.28 bits per heavy atom. The first-order valence-corrected chi connectivity index (χ1v) is 27.1. The number of benzene rings is 14. The van der Waals surface area contributed by atoms with Crippen LogP contribution >= 0.6 is 0 Å². The predicted molar refractivity (Wildman–Crippen MR) is 335 cm³/mol. The largest absolute Gasteiger partial charge is 0.256 e. The average molecular weight is 1000 g/mol. The van der Waals surface area contributed by atoms with Gasteiger partial charge in [0.2, 0.25) is 0 Å². The van der Waals surface area contributed by atoms with Crippen LogP contribution in [0, 0.1) is 6.92 Å². The molecule has 0 unspecified atom stereocenters. The number of rotatable bonds is 6. The maximum absolute atomic E-state index is 5.69. The Hall–Kier alpha value is -10.4. The van der Waals surface area contributed by atoms with E-state index in [0.29, 0.717) is 5.82 Å². The molecular formula is C76H47N3. The van der Waals surface area contributed by atoms with Crippen molar-refractivity contribution >= 4 is 97.2 Å². The van der Waals surface area contributed by atoms with Crippen molar-refractivity contribution in [2.75, 3.05) is 0 Å². The number of hydrogen-bond donors (Lipinski definition) is 0. The van der Waals surface area contributed by atoms with Crippen LogP contribution in [0.4, 0.5) is 0 Å². The fraction of sp³-hybridized carbons (Fsp3) is 0.0132. The Morgan fingerprint density at radius 1 is 0.253 bits per heavy atom. The summed E-state index contributed by atoms with van der Waals surface area (Å²) in [5, 5.41) is 19.5. The molecular weight excluding hydrogens is 955 g/mol.